The SMILES string of the molecule is CC(Oc1ccc([N+](=O)[O-])cc1Cl)C(=O)NC(=O)NC1CC1. The molecule has 0 spiro atoms. The van der Waals surface area contributed by atoms with Crippen LogP contribution in [-0.4, -0.2) is 29.0 Å². The van der Waals surface area contributed by atoms with E-state index in [1.807, 2.05) is 0 Å². The summed E-state index contributed by atoms with van der Waals surface area (Å²) in [6.07, 6.45) is 0.835. The van der Waals surface area contributed by atoms with Gasteiger partial charge in [-0.3, -0.25) is 20.2 Å². The second kappa shape index (κ2) is 6.61. The Morgan fingerprint density at radius 2 is 2.14 bits per heavy atom. The number of halogens is 1. The molecule has 1 aromatic carbocycles. The van der Waals surface area contributed by atoms with Gasteiger partial charge in [0.1, 0.15) is 5.75 Å². The minimum Gasteiger partial charge on any atom is -0.479 e. The fourth-order valence-electron chi connectivity index (χ4n) is 1.61. The fraction of sp³-hybridized carbons (Fsp3) is 0.385. The normalized spacial score (nSPS) is 14.8. The maximum Gasteiger partial charge on any atom is 0.321 e. The van der Waals surface area contributed by atoms with Crippen LogP contribution in [-0.2, 0) is 4.79 Å². The lowest BCUT2D eigenvalue weighted by atomic mass is 10.3. The van der Waals surface area contributed by atoms with Gasteiger partial charge in [-0.05, 0) is 25.8 Å². The third kappa shape index (κ3) is 4.32. The van der Waals surface area contributed by atoms with Gasteiger partial charge in [0.25, 0.3) is 11.6 Å². The molecule has 0 heterocycles. The molecule has 9 heteroatoms. The Hall–Kier alpha value is -2.35. The number of nitrogens with one attached hydrogen (secondary N) is 2. The lowest BCUT2D eigenvalue weighted by Crippen LogP contribution is -2.45. The number of amides is 3. The van der Waals surface area contributed by atoms with Crippen molar-refractivity contribution in [3.63, 3.8) is 0 Å². The quantitative estimate of drug-likeness (QED) is 0.634. The van der Waals surface area contributed by atoms with E-state index < -0.39 is 23.0 Å². The Morgan fingerprint density at radius 1 is 1.45 bits per heavy atom. The highest BCUT2D eigenvalue weighted by Gasteiger charge is 2.25. The van der Waals surface area contributed by atoms with Crippen LogP contribution in [0.5, 0.6) is 5.75 Å². The molecule has 0 aromatic heterocycles. The summed E-state index contributed by atoms with van der Waals surface area (Å²) >= 11 is 5.86. The monoisotopic (exact) mass is 327 g/mol. The summed E-state index contributed by atoms with van der Waals surface area (Å²) in [5.74, 6) is -0.509. The molecule has 2 rings (SSSR count). The number of rotatable bonds is 5. The summed E-state index contributed by atoms with van der Waals surface area (Å²) < 4.78 is 5.32. The summed E-state index contributed by atoms with van der Waals surface area (Å²) in [5, 5.41) is 15.4. The predicted octanol–water partition coefficient (Wildman–Crippen LogP) is 2.00. The highest BCUT2D eigenvalue weighted by molar-refractivity contribution is 6.32. The van der Waals surface area contributed by atoms with Gasteiger partial charge in [-0.2, -0.15) is 0 Å². The number of imide groups is 1. The molecule has 8 nitrogen and oxygen atoms in total. The highest BCUT2D eigenvalue weighted by atomic mass is 35.5. The van der Waals surface area contributed by atoms with E-state index in [9.17, 15) is 19.7 Å². The van der Waals surface area contributed by atoms with Crippen LogP contribution in [0.15, 0.2) is 18.2 Å². The van der Waals surface area contributed by atoms with Crippen LogP contribution in [0.25, 0.3) is 0 Å². The summed E-state index contributed by atoms with van der Waals surface area (Å²) in [6.45, 7) is 1.44. The molecule has 118 valence electrons. The van der Waals surface area contributed by atoms with Crippen LogP contribution in [0, 0.1) is 10.1 Å². The van der Waals surface area contributed by atoms with Gasteiger partial charge < -0.3 is 10.1 Å². The first-order valence-electron chi connectivity index (χ1n) is 6.59. The topological polar surface area (TPSA) is 111 Å². The Morgan fingerprint density at radius 3 is 2.68 bits per heavy atom. The average Bonchev–Trinajstić information content (AvgIpc) is 3.24. The predicted molar refractivity (Wildman–Crippen MR) is 77.9 cm³/mol. The van der Waals surface area contributed by atoms with Crippen molar-refractivity contribution in [2.75, 3.05) is 0 Å². The van der Waals surface area contributed by atoms with Crippen molar-refractivity contribution in [2.45, 2.75) is 31.9 Å². The number of carbonyl (C=O) groups excluding carboxylic acids is 2. The van der Waals surface area contributed by atoms with Gasteiger partial charge in [0, 0.05) is 18.2 Å². The molecule has 0 saturated heterocycles. The van der Waals surface area contributed by atoms with Crippen LogP contribution in [0.2, 0.25) is 5.02 Å². The van der Waals surface area contributed by atoms with E-state index in [1.165, 1.54) is 19.1 Å². The number of benzene rings is 1. The van der Waals surface area contributed by atoms with Crippen LogP contribution in [0.3, 0.4) is 0 Å². The van der Waals surface area contributed by atoms with E-state index in [2.05, 4.69) is 10.6 Å². The molecule has 2 N–H and O–H groups in total. The van der Waals surface area contributed by atoms with Crippen LogP contribution < -0.4 is 15.4 Å². The van der Waals surface area contributed by atoms with E-state index in [4.69, 9.17) is 16.3 Å². The zero-order chi connectivity index (χ0) is 16.3. The molecule has 1 unspecified atom stereocenters. The number of carbonyl (C=O) groups is 2. The zero-order valence-corrected chi connectivity index (χ0v) is 12.4. The van der Waals surface area contributed by atoms with Gasteiger partial charge in [0.2, 0.25) is 0 Å². The third-order valence-electron chi connectivity index (χ3n) is 2.95. The van der Waals surface area contributed by atoms with Crippen molar-refractivity contribution in [3.8, 4) is 5.75 Å². The summed E-state index contributed by atoms with van der Waals surface area (Å²) in [4.78, 5) is 33.3. The largest absolute Gasteiger partial charge is 0.479 e. The Bertz CT molecular complexity index is 618. The van der Waals surface area contributed by atoms with Crippen molar-refractivity contribution in [1.29, 1.82) is 0 Å². The second-order valence-corrected chi connectivity index (χ2v) is 5.28. The molecule has 1 saturated carbocycles. The molecule has 1 atom stereocenters. The highest BCUT2D eigenvalue weighted by Crippen LogP contribution is 2.29. The van der Waals surface area contributed by atoms with Gasteiger partial charge in [0.15, 0.2) is 6.10 Å². The molecule has 0 bridgehead atoms. The molecular weight excluding hydrogens is 314 g/mol. The third-order valence-corrected chi connectivity index (χ3v) is 3.24. The van der Waals surface area contributed by atoms with E-state index in [1.54, 1.807) is 0 Å². The first kappa shape index (κ1) is 16.0. The lowest BCUT2D eigenvalue weighted by molar-refractivity contribution is -0.384. The molecular formula is C13H14ClN3O5. The number of urea groups is 1. The Balaban J connectivity index is 1.92. The number of non-ortho nitro benzene ring substituents is 1. The number of hydrogen-bond acceptors (Lipinski definition) is 5. The van der Waals surface area contributed by atoms with Crippen LogP contribution in [0.4, 0.5) is 10.5 Å². The molecule has 22 heavy (non-hydrogen) atoms. The fourth-order valence-corrected chi connectivity index (χ4v) is 1.82. The van der Waals surface area contributed by atoms with E-state index in [0.29, 0.717) is 0 Å². The van der Waals surface area contributed by atoms with Crippen molar-refractivity contribution < 1.29 is 19.2 Å². The standard InChI is InChI=1S/C13H14ClN3O5/c1-7(12(18)16-13(19)15-8-2-3-8)22-11-5-4-9(17(20)21)6-10(11)14/h4-8H,2-3H2,1H3,(H2,15,16,18,19). The second-order valence-electron chi connectivity index (χ2n) is 4.87. The maximum atomic E-state index is 11.8. The lowest BCUT2D eigenvalue weighted by Gasteiger charge is -2.15. The van der Waals surface area contributed by atoms with Gasteiger partial charge in [0.05, 0.1) is 9.95 Å². The number of nitro benzene ring substituents is 1. The van der Waals surface area contributed by atoms with Crippen molar-refractivity contribution in [1.82, 2.24) is 10.6 Å². The number of nitro groups is 1. The molecule has 1 fully saturated rings. The zero-order valence-electron chi connectivity index (χ0n) is 11.7. The first-order valence-corrected chi connectivity index (χ1v) is 6.96. The number of nitrogens with zero attached hydrogens (tertiary/aromatic N) is 1. The van der Waals surface area contributed by atoms with E-state index in [-0.39, 0.29) is 22.5 Å². The van der Waals surface area contributed by atoms with E-state index in [0.717, 1.165) is 18.9 Å². The molecule has 0 aliphatic heterocycles. The Labute approximate surface area is 130 Å². The van der Waals surface area contributed by atoms with Gasteiger partial charge in [-0.25, -0.2) is 4.79 Å². The summed E-state index contributed by atoms with van der Waals surface area (Å²) in [5.41, 5.74) is -0.182. The Kier molecular flexibility index (Phi) is 4.81. The molecule has 0 radical (unpaired) electrons. The van der Waals surface area contributed by atoms with Gasteiger partial charge in [-0.15, -0.1) is 0 Å². The summed E-state index contributed by atoms with van der Waals surface area (Å²) in [7, 11) is 0. The number of ether oxygens (including phenoxy) is 1. The first-order chi connectivity index (χ1) is 10.4. The van der Waals surface area contributed by atoms with Crippen LogP contribution in [0.1, 0.15) is 19.8 Å². The number of hydrogen-bond donors (Lipinski definition) is 2. The van der Waals surface area contributed by atoms with Gasteiger partial charge >= 0.3 is 6.03 Å². The van der Waals surface area contributed by atoms with Gasteiger partial charge in [-0.1, -0.05) is 11.6 Å². The average molecular weight is 328 g/mol. The molecule has 3 amide bonds. The summed E-state index contributed by atoms with van der Waals surface area (Å²) in [6, 6.07) is 3.20. The smallest absolute Gasteiger partial charge is 0.321 e. The van der Waals surface area contributed by atoms with Crippen molar-refractivity contribution >= 4 is 29.2 Å². The van der Waals surface area contributed by atoms with E-state index >= 15 is 0 Å². The maximum absolute atomic E-state index is 11.8. The van der Waals surface area contributed by atoms with Crippen LogP contribution >= 0.6 is 11.6 Å². The molecule has 1 aromatic rings. The minimum absolute atomic E-state index is 0.0104. The van der Waals surface area contributed by atoms with Crippen molar-refractivity contribution in [3.05, 3.63) is 33.3 Å². The molecule has 1 aliphatic rings. The minimum atomic E-state index is -0.982. The van der Waals surface area contributed by atoms with Crippen molar-refractivity contribution in [2.24, 2.45) is 0 Å². The molecule has 1 aliphatic carbocycles.